The highest BCUT2D eigenvalue weighted by molar-refractivity contribution is 5.67. The standard InChI is InChI=1S/C16H17FN2/c1-18-9-10-19(15-5-3-2-4-6-15)16-8-7-14(17)11-13(16)12-18/h2-8,11H,9-10,12H2,1H3. The number of fused-ring (bicyclic) bond motifs is 1. The number of rotatable bonds is 1. The molecular formula is C16H17FN2. The van der Waals surface area contributed by atoms with Crippen LogP contribution in [0.3, 0.4) is 0 Å². The topological polar surface area (TPSA) is 6.48 Å². The van der Waals surface area contributed by atoms with Crippen LogP contribution < -0.4 is 4.90 Å². The van der Waals surface area contributed by atoms with Gasteiger partial charge in [-0.05, 0) is 42.9 Å². The molecule has 0 amide bonds. The Morgan fingerprint density at radius 2 is 1.79 bits per heavy atom. The van der Waals surface area contributed by atoms with E-state index in [1.165, 1.54) is 0 Å². The molecule has 0 atom stereocenters. The van der Waals surface area contributed by atoms with Gasteiger partial charge in [0.2, 0.25) is 0 Å². The molecular weight excluding hydrogens is 239 g/mol. The lowest BCUT2D eigenvalue weighted by atomic mass is 10.1. The highest BCUT2D eigenvalue weighted by atomic mass is 19.1. The van der Waals surface area contributed by atoms with E-state index in [0.29, 0.717) is 0 Å². The second-order valence-electron chi connectivity index (χ2n) is 5.00. The van der Waals surface area contributed by atoms with Crippen LogP contribution in [0.15, 0.2) is 48.5 Å². The van der Waals surface area contributed by atoms with Gasteiger partial charge in [-0.15, -0.1) is 0 Å². The van der Waals surface area contributed by atoms with Crippen LogP contribution in [0.4, 0.5) is 15.8 Å². The molecule has 2 aromatic carbocycles. The molecule has 0 aliphatic carbocycles. The summed E-state index contributed by atoms with van der Waals surface area (Å²) in [5.74, 6) is -0.165. The van der Waals surface area contributed by atoms with Gasteiger partial charge in [-0.25, -0.2) is 4.39 Å². The molecule has 1 heterocycles. The van der Waals surface area contributed by atoms with Gasteiger partial charge in [0.15, 0.2) is 0 Å². The van der Waals surface area contributed by atoms with Gasteiger partial charge < -0.3 is 9.80 Å². The van der Waals surface area contributed by atoms with E-state index in [1.807, 2.05) is 24.3 Å². The normalized spacial score (nSPS) is 16.0. The highest BCUT2D eigenvalue weighted by Crippen LogP contribution is 2.31. The minimum absolute atomic E-state index is 0.165. The smallest absolute Gasteiger partial charge is 0.123 e. The fraction of sp³-hybridized carbons (Fsp3) is 0.250. The minimum Gasteiger partial charge on any atom is -0.340 e. The second kappa shape index (κ2) is 5.02. The molecule has 2 aromatic rings. The lowest BCUT2D eigenvalue weighted by molar-refractivity contribution is 0.343. The number of halogens is 1. The van der Waals surface area contributed by atoms with Crippen LogP contribution in [0.5, 0.6) is 0 Å². The SMILES string of the molecule is CN1CCN(c2ccccc2)c2ccc(F)cc2C1. The maximum Gasteiger partial charge on any atom is 0.123 e. The zero-order valence-corrected chi connectivity index (χ0v) is 11.0. The zero-order valence-electron chi connectivity index (χ0n) is 11.0. The van der Waals surface area contributed by atoms with E-state index in [1.54, 1.807) is 12.1 Å². The maximum atomic E-state index is 13.4. The first-order valence-electron chi connectivity index (χ1n) is 6.53. The van der Waals surface area contributed by atoms with E-state index in [4.69, 9.17) is 0 Å². The molecule has 0 spiro atoms. The van der Waals surface area contributed by atoms with Gasteiger partial charge in [-0.1, -0.05) is 18.2 Å². The number of anilines is 2. The number of benzene rings is 2. The molecule has 0 saturated carbocycles. The Hall–Kier alpha value is -1.87. The van der Waals surface area contributed by atoms with Crippen molar-refractivity contribution in [3.8, 4) is 0 Å². The summed E-state index contributed by atoms with van der Waals surface area (Å²) in [5.41, 5.74) is 3.31. The minimum atomic E-state index is -0.165. The van der Waals surface area contributed by atoms with Crippen LogP contribution in [0.25, 0.3) is 0 Å². The number of nitrogens with zero attached hydrogens (tertiary/aromatic N) is 2. The van der Waals surface area contributed by atoms with Crippen molar-refractivity contribution in [2.24, 2.45) is 0 Å². The van der Waals surface area contributed by atoms with Crippen molar-refractivity contribution >= 4 is 11.4 Å². The Morgan fingerprint density at radius 3 is 2.58 bits per heavy atom. The van der Waals surface area contributed by atoms with E-state index >= 15 is 0 Å². The lowest BCUT2D eigenvalue weighted by Crippen LogP contribution is -2.26. The molecule has 0 unspecified atom stereocenters. The zero-order chi connectivity index (χ0) is 13.2. The lowest BCUT2D eigenvalue weighted by Gasteiger charge is -2.24. The Morgan fingerprint density at radius 1 is 1.00 bits per heavy atom. The molecule has 0 N–H and O–H groups in total. The molecule has 3 heteroatoms. The summed E-state index contributed by atoms with van der Waals surface area (Å²) in [7, 11) is 2.07. The largest absolute Gasteiger partial charge is 0.340 e. The van der Waals surface area contributed by atoms with Gasteiger partial charge in [-0.2, -0.15) is 0 Å². The first-order chi connectivity index (χ1) is 9.24. The summed E-state index contributed by atoms with van der Waals surface area (Å²) in [6.07, 6.45) is 0. The summed E-state index contributed by atoms with van der Waals surface area (Å²) >= 11 is 0. The highest BCUT2D eigenvalue weighted by Gasteiger charge is 2.19. The second-order valence-corrected chi connectivity index (χ2v) is 5.00. The summed E-state index contributed by atoms with van der Waals surface area (Å²) in [5, 5.41) is 0. The third-order valence-corrected chi connectivity index (χ3v) is 3.55. The van der Waals surface area contributed by atoms with Crippen LogP contribution in [-0.4, -0.2) is 25.0 Å². The van der Waals surface area contributed by atoms with E-state index in [0.717, 1.165) is 36.6 Å². The molecule has 3 rings (SSSR count). The summed E-state index contributed by atoms with van der Waals surface area (Å²) in [4.78, 5) is 4.49. The molecule has 0 bridgehead atoms. The monoisotopic (exact) mass is 256 g/mol. The molecule has 0 saturated heterocycles. The summed E-state index contributed by atoms with van der Waals surface area (Å²) in [6, 6.07) is 15.3. The van der Waals surface area contributed by atoms with E-state index in [9.17, 15) is 4.39 Å². The quantitative estimate of drug-likeness (QED) is 0.771. The number of para-hydroxylation sites is 1. The van der Waals surface area contributed by atoms with Crippen molar-refractivity contribution in [3.63, 3.8) is 0 Å². The van der Waals surface area contributed by atoms with E-state index in [2.05, 4.69) is 29.0 Å². The van der Waals surface area contributed by atoms with Crippen molar-refractivity contribution < 1.29 is 4.39 Å². The predicted molar refractivity (Wildman–Crippen MR) is 76.2 cm³/mol. The predicted octanol–water partition coefficient (Wildman–Crippen LogP) is 3.41. The van der Waals surface area contributed by atoms with Crippen molar-refractivity contribution in [1.82, 2.24) is 4.90 Å². The van der Waals surface area contributed by atoms with E-state index in [-0.39, 0.29) is 5.82 Å². The van der Waals surface area contributed by atoms with Gasteiger partial charge in [-0.3, -0.25) is 0 Å². The Kier molecular flexibility index (Phi) is 3.22. The molecule has 98 valence electrons. The average molecular weight is 256 g/mol. The molecule has 0 radical (unpaired) electrons. The van der Waals surface area contributed by atoms with Gasteiger partial charge in [0.1, 0.15) is 5.82 Å². The maximum absolute atomic E-state index is 13.4. The molecule has 1 aliphatic heterocycles. The van der Waals surface area contributed by atoms with Crippen molar-refractivity contribution in [1.29, 1.82) is 0 Å². The summed E-state index contributed by atoms with van der Waals surface area (Å²) < 4.78 is 13.4. The average Bonchev–Trinajstić information content (AvgIpc) is 2.57. The van der Waals surface area contributed by atoms with Gasteiger partial charge in [0, 0.05) is 31.0 Å². The Labute approximate surface area is 113 Å². The third-order valence-electron chi connectivity index (χ3n) is 3.55. The van der Waals surface area contributed by atoms with Crippen molar-refractivity contribution in [2.45, 2.75) is 6.54 Å². The Bertz CT molecular complexity index is 568. The Balaban J connectivity index is 2.07. The number of hydrogen-bond donors (Lipinski definition) is 0. The number of likely N-dealkylation sites (N-methyl/N-ethyl adjacent to an activating group) is 1. The van der Waals surface area contributed by atoms with Gasteiger partial charge >= 0.3 is 0 Å². The number of hydrogen-bond acceptors (Lipinski definition) is 2. The van der Waals surface area contributed by atoms with Crippen LogP contribution in [0.2, 0.25) is 0 Å². The molecule has 0 fully saturated rings. The molecule has 2 nitrogen and oxygen atoms in total. The first kappa shape index (κ1) is 12.2. The van der Waals surface area contributed by atoms with Crippen molar-refractivity contribution in [3.05, 3.63) is 59.9 Å². The van der Waals surface area contributed by atoms with Gasteiger partial charge in [0.25, 0.3) is 0 Å². The first-order valence-corrected chi connectivity index (χ1v) is 6.53. The fourth-order valence-electron chi connectivity index (χ4n) is 2.58. The van der Waals surface area contributed by atoms with Gasteiger partial charge in [0.05, 0.1) is 0 Å². The molecule has 1 aliphatic rings. The third kappa shape index (κ3) is 2.47. The fourth-order valence-corrected chi connectivity index (χ4v) is 2.58. The van der Waals surface area contributed by atoms with Crippen LogP contribution in [0, 0.1) is 5.82 Å². The molecule has 0 aromatic heterocycles. The van der Waals surface area contributed by atoms with Crippen LogP contribution >= 0.6 is 0 Å². The van der Waals surface area contributed by atoms with E-state index < -0.39 is 0 Å². The molecule has 19 heavy (non-hydrogen) atoms. The van der Waals surface area contributed by atoms with Crippen molar-refractivity contribution in [2.75, 3.05) is 25.0 Å². The van der Waals surface area contributed by atoms with Crippen LogP contribution in [-0.2, 0) is 6.54 Å². The summed E-state index contributed by atoms with van der Waals surface area (Å²) in [6.45, 7) is 2.67. The van der Waals surface area contributed by atoms with Crippen LogP contribution in [0.1, 0.15) is 5.56 Å².